The van der Waals surface area contributed by atoms with E-state index in [-0.39, 0.29) is 11.6 Å². The van der Waals surface area contributed by atoms with Crippen LogP contribution < -0.4 is 5.32 Å². The van der Waals surface area contributed by atoms with E-state index < -0.39 is 0 Å². The number of nitrogens with zero attached hydrogens (tertiary/aromatic N) is 1. The van der Waals surface area contributed by atoms with Gasteiger partial charge in [-0.25, -0.2) is 4.79 Å². The minimum absolute atomic E-state index is 0.274. The molecule has 1 fully saturated rings. The summed E-state index contributed by atoms with van der Waals surface area (Å²) < 4.78 is 4.57. The van der Waals surface area contributed by atoms with Crippen molar-refractivity contribution in [1.82, 2.24) is 5.32 Å². The molecule has 1 spiro atoms. The average molecular weight is 184 g/mol. The number of carbonyl (C=O) groups excluding carboxylic acids is 1. The highest BCUT2D eigenvalue weighted by Gasteiger charge is 2.43. The molecular formula is C8H12N2O3. The van der Waals surface area contributed by atoms with Gasteiger partial charge in [-0.3, -0.25) is 0 Å². The second-order valence-corrected chi connectivity index (χ2v) is 3.41. The maximum Gasteiger partial charge on any atom is 0.355 e. The molecule has 5 nitrogen and oxygen atoms in total. The van der Waals surface area contributed by atoms with E-state index in [0.29, 0.717) is 12.1 Å². The third-order valence-electron chi connectivity index (χ3n) is 2.46. The Morgan fingerprint density at radius 3 is 3.23 bits per heavy atom. The van der Waals surface area contributed by atoms with E-state index in [4.69, 9.17) is 4.84 Å². The largest absolute Gasteiger partial charge is 0.464 e. The molecule has 2 rings (SSSR count). The topological polar surface area (TPSA) is 59.9 Å². The summed E-state index contributed by atoms with van der Waals surface area (Å²) in [5.74, 6) is -0.385. The maximum absolute atomic E-state index is 11.1. The zero-order chi connectivity index (χ0) is 9.31. The molecule has 1 atom stereocenters. The smallest absolute Gasteiger partial charge is 0.355 e. The summed E-state index contributed by atoms with van der Waals surface area (Å²) in [6, 6.07) is 0. The van der Waals surface area contributed by atoms with E-state index in [1.54, 1.807) is 0 Å². The van der Waals surface area contributed by atoms with Crippen molar-refractivity contribution in [3.63, 3.8) is 0 Å². The van der Waals surface area contributed by atoms with Crippen LogP contribution in [0.1, 0.15) is 12.8 Å². The monoisotopic (exact) mass is 184 g/mol. The Bertz CT molecular complexity index is 256. The Morgan fingerprint density at radius 2 is 2.62 bits per heavy atom. The lowest BCUT2D eigenvalue weighted by Gasteiger charge is -2.17. The molecule has 0 amide bonds. The molecule has 0 aliphatic carbocycles. The Kier molecular flexibility index (Phi) is 1.95. The van der Waals surface area contributed by atoms with Gasteiger partial charge in [-0.2, -0.15) is 0 Å². The molecular weight excluding hydrogens is 172 g/mol. The lowest BCUT2D eigenvalue weighted by molar-refractivity contribution is -0.132. The maximum atomic E-state index is 11.1. The van der Waals surface area contributed by atoms with E-state index in [2.05, 4.69) is 15.2 Å². The lowest BCUT2D eigenvalue weighted by atomic mass is 9.97. The number of hydrogen-bond acceptors (Lipinski definition) is 5. The first-order chi connectivity index (χ1) is 6.26. The van der Waals surface area contributed by atoms with Crippen LogP contribution in [-0.4, -0.2) is 37.5 Å². The van der Waals surface area contributed by atoms with Crippen LogP contribution >= 0.6 is 0 Å². The number of hydrogen-bond donors (Lipinski definition) is 1. The van der Waals surface area contributed by atoms with Gasteiger partial charge in [-0.15, -0.1) is 0 Å². The fourth-order valence-electron chi connectivity index (χ4n) is 1.70. The molecule has 0 unspecified atom stereocenters. The molecule has 1 N–H and O–H groups in total. The fraction of sp³-hybridized carbons (Fsp3) is 0.750. The van der Waals surface area contributed by atoms with Crippen molar-refractivity contribution in [3.05, 3.63) is 0 Å². The molecule has 2 heterocycles. The minimum atomic E-state index is -0.385. The molecule has 0 aromatic heterocycles. The third kappa shape index (κ3) is 1.39. The SMILES string of the molecule is COC(=O)C1=NO[C@]2(CCNC2)C1. The molecule has 0 aromatic carbocycles. The third-order valence-corrected chi connectivity index (χ3v) is 2.46. The van der Waals surface area contributed by atoms with Gasteiger partial charge in [-0.05, 0) is 6.54 Å². The van der Waals surface area contributed by atoms with Crippen LogP contribution in [0, 0.1) is 0 Å². The molecule has 0 bridgehead atoms. The van der Waals surface area contributed by atoms with Crippen molar-refractivity contribution >= 4 is 11.7 Å². The van der Waals surface area contributed by atoms with Gasteiger partial charge in [0.2, 0.25) is 0 Å². The summed E-state index contributed by atoms with van der Waals surface area (Å²) in [6.07, 6.45) is 1.46. The van der Waals surface area contributed by atoms with Crippen LogP contribution in [0.2, 0.25) is 0 Å². The summed E-state index contributed by atoms with van der Waals surface area (Å²) in [5.41, 5.74) is 0.120. The highest BCUT2D eigenvalue weighted by molar-refractivity contribution is 6.36. The number of oxime groups is 1. The van der Waals surface area contributed by atoms with Gasteiger partial charge in [0, 0.05) is 19.4 Å². The zero-order valence-corrected chi connectivity index (χ0v) is 7.50. The van der Waals surface area contributed by atoms with Gasteiger partial charge in [0.15, 0.2) is 11.3 Å². The Balaban J connectivity index is 2.02. The van der Waals surface area contributed by atoms with E-state index in [0.717, 1.165) is 19.5 Å². The number of ether oxygens (including phenoxy) is 1. The summed E-state index contributed by atoms with van der Waals surface area (Å²) in [4.78, 5) is 16.4. The van der Waals surface area contributed by atoms with Crippen LogP contribution in [0.3, 0.4) is 0 Å². The standard InChI is InChI=1S/C8H12N2O3/c1-12-7(11)6-4-8(13-10-6)2-3-9-5-8/h9H,2-5H2,1H3/t8-/m1/s1. The molecule has 1 saturated heterocycles. The van der Waals surface area contributed by atoms with Gasteiger partial charge in [0.1, 0.15) is 0 Å². The molecule has 13 heavy (non-hydrogen) atoms. The number of methoxy groups -OCH3 is 1. The second kappa shape index (κ2) is 2.99. The van der Waals surface area contributed by atoms with E-state index >= 15 is 0 Å². The van der Waals surface area contributed by atoms with Crippen molar-refractivity contribution in [2.45, 2.75) is 18.4 Å². The van der Waals surface area contributed by atoms with Crippen molar-refractivity contribution in [2.24, 2.45) is 5.16 Å². The molecule has 0 saturated carbocycles. The van der Waals surface area contributed by atoms with Gasteiger partial charge >= 0.3 is 5.97 Å². The summed E-state index contributed by atoms with van der Waals surface area (Å²) in [6.45, 7) is 1.68. The van der Waals surface area contributed by atoms with Gasteiger partial charge in [-0.1, -0.05) is 5.16 Å². The Morgan fingerprint density at radius 1 is 1.77 bits per heavy atom. The average Bonchev–Trinajstić information content (AvgIpc) is 2.76. The van der Waals surface area contributed by atoms with Crippen LogP contribution in [0.5, 0.6) is 0 Å². The summed E-state index contributed by atoms with van der Waals surface area (Å²) in [5, 5.41) is 6.93. The van der Waals surface area contributed by atoms with Crippen molar-refractivity contribution in [1.29, 1.82) is 0 Å². The molecule has 0 radical (unpaired) electrons. The van der Waals surface area contributed by atoms with Gasteiger partial charge in [0.25, 0.3) is 0 Å². The van der Waals surface area contributed by atoms with Crippen LogP contribution in [0.15, 0.2) is 5.16 Å². The van der Waals surface area contributed by atoms with Crippen molar-refractivity contribution in [2.75, 3.05) is 20.2 Å². The number of carbonyl (C=O) groups is 1. The number of esters is 1. The van der Waals surface area contributed by atoms with Crippen LogP contribution in [-0.2, 0) is 14.4 Å². The van der Waals surface area contributed by atoms with Crippen LogP contribution in [0.25, 0.3) is 0 Å². The first-order valence-electron chi connectivity index (χ1n) is 4.30. The molecule has 2 aliphatic rings. The summed E-state index contributed by atoms with van der Waals surface area (Å²) in [7, 11) is 1.35. The number of nitrogens with one attached hydrogen (secondary N) is 1. The zero-order valence-electron chi connectivity index (χ0n) is 7.50. The van der Waals surface area contributed by atoms with E-state index in [1.807, 2.05) is 0 Å². The van der Waals surface area contributed by atoms with Crippen molar-refractivity contribution in [3.8, 4) is 0 Å². The normalized spacial score (nSPS) is 31.6. The molecule has 2 aliphatic heterocycles. The lowest BCUT2D eigenvalue weighted by Crippen LogP contribution is -2.32. The Hall–Kier alpha value is -1.10. The predicted octanol–water partition coefficient (Wildman–Crippen LogP) is -0.332. The first-order valence-corrected chi connectivity index (χ1v) is 4.30. The van der Waals surface area contributed by atoms with E-state index in [1.165, 1.54) is 7.11 Å². The highest BCUT2D eigenvalue weighted by atomic mass is 16.7. The Labute approximate surface area is 76.1 Å². The second-order valence-electron chi connectivity index (χ2n) is 3.41. The first kappa shape index (κ1) is 8.50. The highest BCUT2D eigenvalue weighted by Crippen LogP contribution is 2.29. The number of rotatable bonds is 1. The molecule has 72 valence electrons. The quantitative estimate of drug-likeness (QED) is 0.567. The van der Waals surface area contributed by atoms with E-state index in [9.17, 15) is 4.79 Å². The molecule has 0 aromatic rings. The predicted molar refractivity (Wildman–Crippen MR) is 45.4 cm³/mol. The minimum Gasteiger partial charge on any atom is -0.464 e. The van der Waals surface area contributed by atoms with Crippen LogP contribution in [0.4, 0.5) is 0 Å². The van der Waals surface area contributed by atoms with Gasteiger partial charge < -0.3 is 14.9 Å². The fourth-order valence-corrected chi connectivity index (χ4v) is 1.70. The molecule has 5 heteroatoms. The van der Waals surface area contributed by atoms with Gasteiger partial charge in [0.05, 0.1) is 7.11 Å². The summed E-state index contributed by atoms with van der Waals surface area (Å²) >= 11 is 0. The van der Waals surface area contributed by atoms with Crippen molar-refractivity contribution < 1.29 is 14.4 Å².